The minimum Gasteiger partial charge on any atom is -0.389 e. The highest BCUT2D eigenvalue weighted by atomic mass is 35.5. The molecule has 19 heavy (non-hydrogen) atoms. The van der Waals surface area contributed by atoms with Gasteiger partial charge in [-0.25, -0.2) is 0 Å². The summed E-state index contributed by atoms with van der Waals surface area (Å²) in [5, 5.41) is 4.19. The van der Waals surface area contributed by atoms with Crippen LogP contribution in [-0.2, 0) is 0 Å². The SMILES string of the molecule is CCC1CCC(Nc2ccc(C(N)=S)c(Cl)c2)CC1. The van der Waals surface area contributed by atoms with Crippen molar-refractivity contribution in [2.45, 2.75) is 45.1 Å². The number of anilines is 1. The molecule has 0 spiro atoms. The molecule has 4 heteroatoms. The predicted molar refractivity (Wildman–Crippen MR) is 87.0 cm³/mol. The molecule has 0 bridgehead atoms. The molecule has 0 amide bonds. The highest BCUT2D eigenvalue weighted by Gasteiger charge is 2.19. The second-order valence-electron chi connectivity index (χ2n) is 5.33. The number of thiocarbonyl (C=S) groups is 1. The molecule has 0 saturated heterocycles. The molecule has 2 rings (SSSR count). The lowest BCUT2D eigenvalue weighted by Crippen LogP contribution is -2.25. The lowest BCUT2D eigenvalue weighted by atomic mass is 9.84. The van der Waals surface area contributed by atoms with Gasteiger partial charge in [0.25, 0.3) is 0 Å². The van der Waals surface area contributed by atoms with Gasteiger partial charge >= 0.3 is 0 Å². The van der Waals surface area contributed by atoms with Gasteiger partial charge in [0.2, 0.25) is 0 Å². The van der Waals surface area contributed by atoms with Crippen molar-refractivity contribution in [1.82, 2.24) is 0 Å². The number of hydrogen-bond acceptors (Lipinski definition) is 2. The van der Waals surface area contributed by atoms with Gasteiger partial charge in [0.05, 0.1) is 5.02 Å². The molecule has 1 aromatic carbocycles. The van der Waals surface area contributed by atoms with Crippen LogP contribution in [0.5, 0.6) is 0 Å². The summed E-state index contributed by atoms with van der Waals surface area (Å²) in [6.45, 7) is 2.28. The van der Waals surface area contributed by atoms with Crippen molar-refractivity contribution in [3.05, 3.63) is 28.8 Å². The number of nitrogens with two attached hydrogens (primary N) is 1. The summed E-state index contributed by atoms with van der Waals surface area (Å²) in [5.41, 5.74) is 7.41. The van der Waals surface area contributed by atoms with E-state index in [1.165, 1.54) is 32.1 Å². The Morgan fingerprint density at radius 1 is 1.37 bits per heavy atom. The Morgan fingerprint density at radius 3 is 2.58 bits per heavy atom. The summed E-state index contributed by atoms with van der Waals surface area (Å²) in [7, 11) is 0. The van der Waals surface area contributed by atoms with Crippen molar-refractivity contribution in [2.24, 2.45) is 11.7 Å². The predicted octanol–water partition coefficient (Wildman–Crippen LogP) is 4.35. The van der Waals surface area contributed by atoms with E-state index >= 15 is 0 Å². The van der Waals surface area contributed by atoms with Crippen LogP contribution in [0.4, 0.5) is 5.69 Å². The first-order valence-corrected chi connectivity index (χ1v) is 7.74. The van der Waals surface area contributed by atoms with Crippen molar-refractivity contribution in [3.8, 4) is 0 Å². The van der Waals surface area contributed by atoms with E-state index in [9.17, 15) is 0 Å². The Labute approximate surface area is 125 Å². The number of rotatable bonds is 4. The maximum Gasteiger partial charge on any atom is 0.105 e. The molecule has 1 fully saturated rings. The Hall–Kier alpha value is -0.800. The molecular weight excluding hydrogens is 276 g/mol. The van der Waals surface area contributed by atoms with Gasteiger partial charge in [-0.15, -0.1) is 0 Å². The summed E-state index contributed by atoms with van der Waals surface area (Å²) in [4.78, 5) is 0.347. The van der Waals surface area contributed by atoms with Gasteiger partial charge in [0.1, 0.15) is 4.99 Å². The summed E-state index contributed by atoms with van der Waals surface area (Å²) >= 11 is 11.1. The van der Waals surface area contributed by atoms with Gasteiger partial charge in [-0.1, -0.05) is 37.2 Å². The molecule has 1 saturated carbocycles. The number of nitrogens with one attached hydrogen (secondary N) is 1. The molecular formula is C15H21ClN2S. The summed E-state index contributed by atoms with van der Waals surface area (Å²) in [6.07, 6.45) is 6.45. The Bertz CT molecular complexity index is 453. The second-order valence-corrected chi connectivity index (χ2v) is 6.18. The zero-order valence-corrected chi connectivity index (χ0v) is 12.9. The lowest BCUT2D eigenvalue weighted by Gasteiger charge is -2.29. The van der Waals surface area contributed by atoms with E-state index in [2.05, 4.69) is 12.2 Å². The molecule has 3 N–H and O–H groups in total. The van der Waals surface area contributed by atoms with E-state index in [4.69, 9.17) is 29.6 Å². The van der Waals surface area contributed by atoms with E-state index in [1.807, 2.05) is 18.2 Å². The van der Waals surface area contributed by atoms with Crippen molar-refractivity contribution in [2.75, 3.05) is 5.32 Å². The highest BCUT2D eigenvalue weighted by molar-refractivity contribution is 7.80. The maximum absolute atomic E-state index is 6.18. The average molecular weight is 297 g/mol. The van der Waals surface area contributed by atoms with Crippen LogP contribution in [0.25, 0.3) is 0 Å². The van der Waals surface area contributed by atoms with E-state index < -0.39 is 0 Å². The van der Waals surface area contributed by atoms with Crippen LogP contribution in [0.2, 0.25) is 5.02 Å². The quantitative estimate of drug-likeness (QED) is 0.811. The molecule has 2 nitrogen and oxygen atoms in total. The first kappa shape index (κ1) is 14.6. The fourth-order valence-electron chi connectivity index (χ4n) is 2.76. The Balaban J connectivity index is 1.97. The first-order valence-electron chi connectivity index (χ1n) is 6.96. The average Bonchev–Trinajstić information content (AvgIpc) is 2.39. The van der Waals surface area contributed by atoms with Gasteiger partial charge in [0, 0.05) is 17.3 Å². The molecule has 104 valence electrons. The van der Waals surface area contributed by atoms with Crippen LogP contribution >= 0.6 is 23.8 Å². The standard InChI is InChI=1S/C15H21ClN2S/c1-2-10-3-5-11(6-4-10)18-12-7-8-13(15(17)19)14(16)9-12/h7-11,18H,2-6H2,1H3,(H2,17,19). The van der Waals surface area contributed by atoms with Crippen molar-refractivity contribution in [3.63, 3.8) is 0 Å². The van der Waals surface area contributed by atoms with E-state index in [-0.39, 0.29) is 0 Å². The van der Waals surface area contributed by atoms with Crippen LogP contribution in [-0.4, -0.2) is 11.0 Å². The Kier molecular flexibility index (Phi) is 5.06. The molecule has 0 aliphatic heterocycles. The maximum atomic E-state index is 6.18. The smallest absolute Gasteiger partial charge is 0.105 e. The third kappa shape index (κ3) is 3.83. The molecule has 0 atom stereocenters. The van der Waals surface area contributed by atoms with Crippen LogP contribution < -0.4 is 11.1 Å². The molecule has 0 radical (unpaired) electrons. The third-order valence-corrected chi connectivity index (χ3v) is 4.56. The fourth-order valence-corrected chi connectivity index (χ4v) is 3.27. The molecule has 0 unspecified atom stereocenters. The van der Waals surface area contributed by atoms with E-state index in [1.54, 1.807) is 0 Å². The van der Waals surface area contributed by atoms with Crippen molar-refractivity contribution < 1.29 is 0 Å². The molecule has 1 aromatic rings. The Morgan fingerprint density at radius 2 is 2.05 bits per heavy atom. The highest BCUT2D eigenvalue weighted by Crippen LogP contribution is 2.29. The van der Waals surface area contributed by atoms with E-state index in [0.29, 0.717) is 16.1 Å². The molecule has 0 heterocycles. The third-order valence-electron chi connectivity index (χ3n) is 4.03. The van der Waals surface area contributed by atoms with Gasteiger partial charge in [-0.2, -0.15) is 0 Å². The van der Waals surface area contributed by atoms with Crippen LogP contribution in [0.1, 0.15) is 44.6 Å². The minimum atomic E-state index is 0.347. The van der Waals surface area contributed by atoms with Gasteiger partial charge in [0.15, 0.2) is 0 Å². The van der Waals surface area contributed by atoms with Crippen LogP contribution in [0, 0.1) is 5.92 Å². The van der Waals surface area contributed by atoms with Gasteiger partial charge in [-0.3, -0.25) is 0 Å². The zero-order valence-electron chi connectivity index (χ0n) is 11.3. The normalized spacial score (nSPS) is 23.1. The van der Waals surface area contributed by atoms with E-state index in [0.717, 1.165) is 17.2 Å². The molecule has 1 aliphatic rings. The second kappa shape index (κ2) is 6.58. The number of halogens is 1. The van der Waals surface area contributed by atoms with Crippen LogP contribution in [0.3, 0.4) is 0 Å². The number of benzene rings is 1. The largest absolute Gasteiger partial charge is 0.389 e. The number of hydrogen-bond donors (Lipinski definition) is 2. The summed E-state index contributed by atoms with van der Waals surface area (Å²) in [5.74, 6) is 0.915. The lowest BCUT2D eigenvalue weighted by molar-refractivity contribution is 0.330. The molecule has 0 aromatic heterocycles. The van der Waals surface area contributed by atoms with Gasteiger partial charge in [-0.05, 0) is 49.8 Å². The monoisotopic (exact) mass is 296 g/mol. The van der Waals surface area contributed by atoms with Gasteiger partial charge < -0.3 is 11.1 Å². The van der Waals surface area contributed by atoms with Crippen molar-refractivity contribution in [1.29, 1.82) is 0 Å². The zero-order chi connectivity index (χ0) is 13.8. The summed E-state index contributed by atoms with van der Waals surface area (Å²) in [6, 6.07) is 6.38. The fraction of sp³-hybridized carbons (Fsp3) is 0.533. The minimum absolute atomic E-state index is 0.347. The van der Waals surface area contributed by atoms with Crippen molar-refractivity contribution >= 4 is 34.5 Å². The first-order chi connectivity index (χ1) is 9.10. The molecule has 1 aliphatic carbocycles. The summed E-state index contributed by atoms with van der Waals surface area (Å²) < 4.78 is 0. The topological polar surface area (TPSA) is 38.0 Å². The van der Waals surface area contributed by atoms with Crippen LogP contribution in [0.15, 0.2) is 18.2 Å².